The Morgan fingerprint density at radius 3 is 1.96 bits per heavy atom. The van der Waals surface area contributed by atoms with Crippen LogP contribution < -0.4 is 19.9 Å². The Morgan fingerprint density at radius 1 is 0.821 bits per heavy atom. The first-order valence-electron chi connectivity index (χ1n) is 8.47. The van der Waals surface area contributed by atoms with Crippen LogP contribution in [0.25, 0.3) is 11.1 Å². The molecule has 6 heteroatoms. The van der Waals surface area contributed by atoms with Crippen LogP contribution in [0.1, 0.15) is 20.7 Å². The number of ether oxygens (including phenoxy) is 2. The normalized spacial score (nSPS) is 10.2. The Hall–Kier alpha value is -3.80. The lowest BCUT2D eigenvalue weighted by Gasteiger charge is -2.16. The van der Waals surface area contributed by atoms with E-state index in [1.54, 1.807) is 12.1 Å². The average Bonchev–Trinajstić information content (AvgIpc) is 2.73. The lowest BCUT2D eigenvalue weighted by Crippen LogP contribution is -2.25. The highest BCUT2D eigenvalue weighted by Crippen LogP contribution is 2.33. The topological polar surface area (TPSA) is 87.7 Å². The monoisotopic (exact) mass is 376 g/mol. The summed E-state index contributed by atoms with van der Waals surface area (Å²) in [4.78, 5) is 24.0. The summed E-state index contributed by atoms with van der Waals surface area (Å²) >= 11 is 0. The summed E-state index contributed by atoms with van der Waals surface area (Å²) in [5.74, 6) is -1.36. The lowest BCUT2D eigenvalue weighted by molar-refractivity contribution is -0.254. The molecule has 0 radical (unpaired) electrons. The Bertz CT molecular complexity index is 997. The Balaban J connectivity index is 1.87. The molecule has 0 bridgehead atoms. The van der Waals surface area contributed by atoms with Gasteiger partial charge in [0.25, 0.3) is 5.91 Å². The van der Waals surface area contributed by atoms with Gasteiger partial charge in [-0.1, -0.05) is 42.5 Å². The molecule has 6 nitrogen and oxygen atoms in total. The van der Waals surface area contributed by atoms with Gasteiger partial charge in [0.15, 0.2) is 11.5 Å². The van der Waals surface area contributed by atoms with Gasteiger partial charge >= 0.3 is 0 Å². The summed E-state index contributed by atoms with van der Waals surface area (Å²) in [6.07, 6.45) is 0. The SMILES string of the molecule is COc1cc(NC(=O)c2ccc(-c3ccccc3)cc2)c(C(=O)[O-])cc1OC. The number of anilines is 1. The van der Waals surface area contributed by atoms with Gasteiger partial charge in [0.1, 0.15) is 0 Å². The van der Waals surface area contributed by atoms with Crippen molar-refractivity contribution in [3.05, 3.63) is 77.9 Å². The van der Waals surface area contributed by atoms with Crippen molar-refractivity contribution in [1.82, 2.24) is 0 Å². The van der Waals surface area contributed by atoms with Crippen LogP contribution in [0.4, 0.5) is 5.69 Å². The van der Waals surface area contributed by atoms with Crippen LogP contribution in [-0.4, -0.2) is 26.1 Å². The first kappa shape index (κ1) is 19.0. The minimum Gasteiger partial charge on any atom is -0.545 e. The molecular weight excluding hydrogens is 358 g/mol. The van der Waals surface area contributed by atoms with Crippen LogP contribution in [0.15, 0.2) is 66.7 Å². The van der Waals surface area contributed by atoms with E-state index in [0.717, 1.165) is 11.1 Å². The molecule has 3 aromatic carbocycles. The molecule has 0 aliphatic heterocycles. The van der Waals surface area contributed by atoms with E-state index in [4.69, 9.17) is 9.47 Å². The number of nitrogens with one attached hydrogen (secondary N) is 1. The highest BCUT2D eigenvalue weighted by Gasteiger charge is 2.15. The van der Waals surface area contributed by atoms with Crippen molar-refractivity contribution in [3.63, 3.8) is 0 Å². The highest BCUT2D eigenvalue weighted by molar-refractivity contribution is 6.08. The molecule has 0 unspecified atom stereocenters. The number of carbonyl (C=O) groups excluding carboxylic acids is 2. The molecule has 0 aliphatic carbocycles. The second kappa shape index (κ2) is 8.26. The van der Waals surface area contributed by atoms with Crippen LogP contribution in [0.5, 0.6) is 11.5 Å². The molecular formula is C22H18NO5-. The molecule has 3 aromatic rings. The summed E-state index contributed by atoms with van der Waals surface area (Å²) in [6, 6.07) is 19.4. The van der Waals surface area contributed by atoms with Crippen LogP contribution in [-0.2, 0) is 0 Å². The van der Waals surface area contributed by atoms with E-state index in [1.165, 1.54) is 26.4 Å². The number of methoxy groups -OCH3 is 2. The maximum atomic E-state index is 12.6. The molecule has 0 heterocycles. The molecule has 142 valence electrons. The average molecular weight is 376 g/mol. The number of hydrogen-bond donors (Lipinski definition) is 1. The van der Waals surface area contributed by atoms with Crippen molar-refractivity contribution in [1.29, 1.82) is 0 Å². The molecule has 1 N–H and O–H groups in total. The van der Waals surface area contributed by atoms with Crippen molar-refractivity contribution in [3.8, 4) is 22.6 Å². The molecule has 0 atom stereocenters. The van der Waals surface area contributed by atoms with Gasteiger partial charge < -0.3 is 24.7 Å². The van der Waals surface area contributed by atoms with Gasteiger partial charge in [-0.2, -0.15) is 0 Å². The fourth-order valence-electron chi connectivity index (χ4n) is 2.79. The second-order valence-electron chi connectivity index (χ2n) is 5.94. The van der Waals surface area contributed by atoms with E-state index in [2.05, 4.69) is 5.32 Å². The van der Waals surface area contributed by atoms with Gasteiger partial charge in [0, 0.05) is 17.2 Å². The van der Waals surface area contributed by atoms with E-state index < -0.39 is 11.9 Å². The third kappa shape index (κ3) is 3.96. The number of aromatic carboxylic acids is 1. The smallest absolute Gasteiger partial charge is 0.255 e. The Labute approximate surface area is 162 Å². The van der Waals surface area contributed by atoms with Gasteiger partial charge in [-0.3, -0.25) is 4.79 Å². The van der Waals surface area contributed by atoms with E-state index >= 15 is 0 Å². The molecule has 0 saturated heterocycles. The highest BCUT2D eigenvalue weighted by atomic mass is 16.5. The van der Waals surface area contributed by atoms with Gasteiger partial charge in [0.2, 0.25) is 0 Å². The van der Waals surface area contributed by atoms with Gasteiger partial charge in [-0.05, 0) is 29.3 Å². The lowest BCUT2D eigenvalue weighted by atomic mass is 10.0. The van der Waals surface area contributed by atoms with Gasteiger partial charge in [-0.15, -0.1) is 0 Å². The van der Waals surface area contributed by atoms with E-state index in [9.17, 15) is 14.7 Å². The fourth-order valence-corrected chi connectivity index (χ4v) is 2.79. The van der Waals surface area contributed by atoms with E-state index in [1.807, 2.05) is 42.5 Å². The van der Waals surface area contributed by atoms with Crippen molar-refractivity contribution >= 4 is 17.6 Å². The maximum Gasteiger partial charge on any atom is 0.255 e. The van der Waals surface area contributed by atoms with Crippen molar-refractivity contribution in [2.24, 2.45) is 0 Å². The molecule has 0 fully saturated rings. The van der Waals surface area contributed by atoms with Crippen molar-refractivity contribution < 1.29 is 24.2 Å². The van der Waals surface area contributed by atoms with Crippen LogP contribution in [0.3, 0.4) is 0 Å². The van der Waals surface area contributed by atoms with E-state index in [-0.39, 0.29) is 17.0 Å². The zero-order valence-corrected chi connectivity index (χ0v) is 15.4. The van der Waals surface area contributed by atoms with Gasteiger partial charge in [0.05, 0.1) is 25.9 Å². The molecule has 3 rings (SSSR count). The molecule has 0 saturated carbocycles. The summed E-state index contributed by atoms with van der Waals surface area (Å²) < 4.78 is 10.3. The standard InChI is InChI=1S/C22H19NO5/c1-27-19-12-17(22(25)26)18(13-20(19)28-2)23-21(24)16-10-8-15(9-11-16)14-6-4-3-5-7-14/h3-13H,1-2H3,(H,23,24)(H,25,26)/p-1. The number of amides is 1. The third-order valence-corrected chi connectivity index (χ3v) is 4.25. The molecule has 0 spiro atoms. The zero-order chi connectivity index (χ0) is 20.1. The van der Waals surface area contributed by atoms with Crippen LogP contribution >= 0.6 is 0 Å². The summed E-state index contributed by atoms with van der Waals surface area (Å²) in [5, 5.41) is 14.0. The largest absolute Gasteiger partial charge is 0.545 e. The van der Waals surface area contributed by atoms with Gasteiger partial charge in [-0.25, -0.2) is 0 Å². The molecule has 0 aliphatic rings. The van der Waals surface area contributed by atoms with E-state index in [0.29, 0.717) is 11.3 Å². The number of carboxylic acid groups (broad SMARTS) is 1. The zero-order valence-electron chi connectivity index (χ0n) is 15.4. The summed E-state index contributed by atoms with van der Waals surface area (Å²) in [5.41, 5.74) is 2.26. The Morgan fingerprint density at radius 2 is 1.39 bits per heavy atom. The second-order valence-corrected chi connectivity index (χ2v) is 5.94. The van der Waals surface area contributed by atoms with Crippen molar-refractivity contribution in [2.45, 2.75) is 0 Å². The summed E-state index contributed by atoms with van der Waals surface area (Å²) in [6.45, 7) is 0. The molecule has 0 aromatic heterocycles. The number of rotatable bonds is 6. The first-order valence-corrected chi connectivity index (χ1v) is 8.47. The first-order chi connectivity index (χ1) is 13.5. The minimum atomic E-state index is -1.43. The van der Waals surface area contributed by atoms with Crippen molar-refractivity contribution in [2.75, 3.05) is 19.5 Å². The molecule has 28 heavy (non-hydrogen) atoms. The maximum absolute atomic E-state index is 12.6. The summed E-state index contributed by atoms with van der Waals surface area (Å²) in [7, 11) is 2.81. The Kier molecular flexibility index (Phi) is 5.60. The third-order valence-electron chi connectivity index (χ3n) is 4.25. The molecule has 1 amide bonds. The predicted octanol–water partition coefficient (Wildman–Crippen LogP) is 2.99. The van der Waals surface area contributed by atoms with Crippen LogP contribution in [0, 0.1) is 0 Å². The predicted molar refractivity (Wildman–Crippen MR) is 104 cm³/mol. The minimum absolute atomic E-state index is 0.0646. The number of carboxylic acids is 1. The number of hydrogen-bond acceptors (Lipinski definition) is 5. The van der Waals surface area contributed by atoms with Crippen LogP contribution in [0.2, 0.25) is 0 Å². The fraction of sp³-hybridized carbons (Fsp3) is 0.0909. The quantitative estimate of drug-likeness (QED) is 0.715. The number of benzene rings is 3. The number of carbonyl (C=O) groups is 2.